The van der Waals surface area contributed by atoms with Gasteiger partial charge in [0.05, 0.1) is 0 Å². The summed E-state index contributed by atoms with van der Waals surface area (Å²) in [6.45, 7) is 2.59. The fourth-order valence-electron chi connectivity index (χ4n) is 2.90. The Morgan fingerprint density at radius 1 is 1.14 bits per heavy atom. The van der Waals surface area contributed by atoms with Crippen LogP contribution in [0.15, 0.2) is 30.3 Å². The van der Waals surface area contributed by atoms with E-state index in [-0.39, 0.29) is 0 Å². The Morgan fingerprint density at radius 3 is 2.76 bits per heavy atom. The number of aromatic nitrogens is 1. The van der Waals surface area contributed by atoms with Crippen molar-refractivity contribution in [3.8, 4) is 11.6 Å². The summed E-state index contributed by atoms with van der Waals surface area (Å²) in [7, 11) is 0. The van der Waals surface area contributed by atoms with E-state index in [4.69, 9.17) is 15.5 Å². The SMILES string of the molecule is CCc1ccccc1Oc1nc2c(cc1CN)CCCC2. The second-order valence-corrected chi connectivity index (χ2v) is 5.53. The molecule has 3 heteroatoms. The molecule has 1 aromatic heterocycles. The smallest absolute Gasteiger partial charge is 0.223 e. The van der Waals surface area contributed by atoms with E-state index in [0.29, 0.717) is 12.4 Å². The second-order valence-electron chi connectivity index (χ2n) is 5.53. The number of nitrogens with two attached hydrogens (primary N) is 1. The van der Waals surface area contributed by atoms with E-state index in [9.17, 15) is 0 Å². The van der Waals surface area contributed by atoms with E-state index in [1.807, 2.05) is 18.2 Å². The van der Waals surface area contributed by atoms with Gasteiger partial charge in [0.15, 0.2) is 0 Å². The van der Waals surface area contributed by atoms with Gasteiger partial charge in [-0.15, -0.1) is 0 Å². The Balaban J connectivity index is 1.97. The van der Waals surface area contributed by atoms with Gasteiger partial charge in [-0.25, -0.2) is 4.98 Å². The lowest BCUT2D eigenvalue weighted by Gasteiger charge is -2.19. The first-order valence-corrected chi connectivity index (χ1v) is 7.79. The third kappa shape index (κ3) is 2.93. The summed E-state index contributed by atoms with van der Waals surface area (Å²) in [5, 5.41) is 0. The summed E-state index contributed by atoms with van der Waals surface area (Å²) in [6.07, 6.45) is 5.57. The molecule has 0 saturated heterocycles. The summed E-state index contributed by atoms with van der Waals surface area (Å²) >= 11 is 0. The zero-order valence-corrected chi connectivity index (χ0v) is 12.6. The first kappa shape index (κ1) is 14.1. The molecule has 1 aliphatic rings. The topological polar surface area (TPSA) is 48.1 Å². The van der Waals surface area contributed by atoms with Crippen LogP contribution in [0.25, 0.3) is 0 Å². The van der Waals surface area contributed by atoms with Gasteiger partial charge in [0.1, 0.15) is 5.75 Å². The highest BCUT2D eigenvalue weighted by molar-refractivity contribution is 5.41. The van der Waals surface area contributed by atoms with E-state index < -0.39 is 0 Å². The lowest BCUT2D eigenvalue weighted by molar-refractivity contribution is 0.446. The number of nitrogens with zero attached hydrogens (tertiary/aromatic N) is 1. The molecule has 1 heterocycles. The van der Waals surface area contributed by atoms with Crippen LogP contribution in [-0.2, 0) is 25.8 Å². The molecular formula is C18H22N2O. The first-order chi connectivity index (χ1) is 10.3. The van der Waals surface area contributed by atoms with Crippen LogP contribution in [0.4, 0.5) is 0 Å². The summed E-state index contributed by atoms with van der Waals surface area (Å²) < 4.78 is 6.10. The molecule has 1 aromatic carbocycles. The normalized spacial score (nSPS) is 13.8. The number of hydrogen-bond acceptors (Lipinski definition) is 3. The predicted octanol–water partition coefficient (Wildman–Crippen LogP) is 3.77. The minimum Gasteiger partial charge on any atom is -0.438 e. The van der Waals surface area contributed by atoms with E-state index in [1.165, 1.54) is 29.7 Å². The molecule has 0 radical (unpaired) electrons. The number of benzene rings is 1. The van der Waals surface area contributed by atoms with Gasteiger partial charge in [-0.05, 0) is 55.4 Å². The summed E-state index contributed by atoms with van der Waals surface area (Å²) in [5.74, 6) is 1.57. The maximum Gasteiger partial charge on any atom is 0.223 e. The highest BCUT2D eigenvalue weighted by Crippen LogP contribution is 2.30. The number of hydrogen-bond donors (Lipinski definition) is 1. The molecule has 0 atom stereocenters. The van der Waals surface area contributed by atoms with Crippen LogP contribution in [0.1, 0.15) is 42.1 Å². The molecule has 3 rings (SSSR count). The monoisotopic (exact) mass is 282 g/mol. The number of aryl methyl sites for hydroxylation is 3. The highest BCUT2D eigenvalue weighted by Gasteiger charge is 2.16. The van der Waals surface area contributed by atoms with Crippen LogP contribution in [0.2, 0.25) is 0 Å². The lowest BCUT2D eigenvalue weighted by Crippen LogP contribution is -2.10. The van der Waals surface area contributed by atoms with Crippen LogP contribution in [0.5, 0.6) is 11.6 Å². The van der Waals surface area contributed by atoms with Gasteiger partial charge < -0.3 is 10.5 Å². The summed E-state index contributed by atoms with van der Waals surface area (Å²) in [5.41, 5.74) is 10.6. The minimum absolute atomic E-state index is 0.462. The third-order valence-electron chi connectivity index (χ3n) is 4.12. The maximum atomic E-state index is 6.10. The van der Waals surface area contributed by atoms with Crippen molar-refractivity contribution in [2.45, 2.75) is 45.6 Å². The molecule has 2 aromatic rings. The summed E-state index contributed by atoms with van der Waals surface area (Å²) in [4.78, 5) is 4.75. The highest BCUT2D eigenvalue weighted by atomic mass is 16.5. The average molecular weight is 282 g/mol. The van der Waals surface area contributed by atoms with Gasteiger partial charge in [0.2, 0.25) is 5.88 Å². The van der Waals surface area contributed by atoms with Crippen molar-refractivity contribution in [3.05, 3.63) is 52.7 Å². The van der Waals surface area contributed by atoms with Crippen molar-refractivity contribution in [1.82, 2.24) is 4.98 Å². The molecule has 0 aliphatic heterocycles. The second kappa shape index (κ2) is 6.27. The molecule has 2 N–H and O–H groups in total. The molecule has 110 valence electrons. The number of fused-ring (bicyclic) bond motifs is 1. The minimum atomic E-state index is 0.462. The van der Waals surface area contributed by atoms with Crippen molar-refractivity contribution in [1.29, 1.82) is 0 Å². The zero-order valence-electron chi connectivity index (χ0n) is 12.6. The van der Waals surface area contributed by atoms with Crippen LogP contribution in [0, 0.1) is 0 Å². The molecule has 0 amide bonds. The average Bonchev–Trinajstić information content (AvgIpc) is 2.54. The quantitative estimate of drug-likeness (QED) is 0.928. The van der Waals surface area contributed by atoms with Crippen LogP contribution < -0.4 is 10.5 Å². The van der Waals surface area contributed by atoms with Crippen LogP contribution in [-0.4, -0.2) is 4.98 Å². The van der Waals surface area contributed by atoms with Crippen LogP contribution >= 0.6 is 0 Å². The van der Waals surface area contributed by atoms with Gasteiger partial charge in [0, 0.05) is 17.8 Å². The van der Waals surface area contributed by atoms with Gasteiger partial charge in [-0.2, -0.15) is 0 Å². The van der Waals surface area contributed by atoms with Crippen molar-refractivity contribution in [3.63, 3.8) is 0 Å². The van der Waals surface area contributed by atoms with Gasteiger partial charge in [-0.1, -0.05) is 25.1 Å². The third-order valence-corrected chi connectivity index (χ3v) is 4.12. The van der Waals surface area contributed by atoms with Gasteiger partial charge in [0.25, 0.3) is 0 Å². The Labute approximate surface area is 126 Å². The standard InChI is InChI=1S/C18H22N2O/c1-2-13-7-4-6-10-17(13)21-18-15(12-19)11-14-8-3-5-9-16(14)20-18/h4,6-7,10-11H,2-3,5,8-9,12,19H2,1H3. The fourth-order valence-corrected chi connectivity index (χ4v) is 2.90. The Bertz CT molecular complexity index is 637. The van der Waals surface area contributed by atoms with Crippen LogP contribution in [0.3, 0.4) is 0 Å². The van der Waals surface area contributed by atoms with E-state index >= 15 is 0 Å². The summed E-state index contributed by atoms with van der Waals surface area (Å²) in [6, 6.07) is 10.3. The van der Waals surface area contributed by atoms with Crippen molar-refractivity contribution in [2.24, 2.45) is 5.73 Å². The molecule has 21 heavy (non-hydrogen) atoms. The Morgan fingerprint density at radius 2 is 1.95 bits per heavy atom. The van der Waals surface area contributed by atoms with Crippen molar-refractivity contribution < 1.29 is 4.74 Å². The van der Waals surface area contributed by atoms with E-state index in [0.717, 1.165) is 30.6 Å². The Hall–Kier alpha value is -1.87. The lowest BCUT2D eigenvalue weighted by atomic mass is 9.95. The molecule has 0 unspecified atom stereocenters. The van der Waals surface area contributed by atoms with Crippen molar-refractivity contribution >= 4 is 0 Å². The molecule has 1 aliphatic carbocycles. The van der Waals surface area contributed by atoms with Gasteiger partial charge >= 0.3 is 0 Å². The molecule has 0 fully saturated rings. The van der Waals surface area contributed by atoms with Gasteiger partial charge in [-0.3, -0.25) is 0 Å². The fraction of sp³-hybridized carbons (Fsp3) is 0.389. The predicted molar refractivity (Wildman–Crippen MR) is 84.7 cm³/mol. The largest absolute Gasteiger partial charge is 0.438 e. The molecular weight excluding hydrogens is 260 g/mol. The molecule has 0 saturated carbocycles. The number of rotatable bonds is 4. The molecule has 0 bridgehead atoms. The van der Waals surface area contributed by atoms with E-state index in [1.54, 1.807) is 0 Å². The molecule has 3 nitrogen and oxygen atoms in total. The maximum absolute atomic E-state index is 6.10. The first-order valence-electron chi connectivity index (χ1n) is 7.79. The van der Waals surface area contributed by atoms with E-state index in [2.05, 4.69) is 19.1 Å². The van der Waals surface area contributed by atoms with Crippen molar-refractivity contribution in [2.75, 3.05) is 0 Å². The Kier molecular flexibility index (Phi) is 4.20. The zero-order chi connectivity index (χ0) is 14.7. The molecule has 0 spiro atoms. The number of para-hydroxylation sites is 1. The number of pyridine rings is 1. The number of ether oxygens (including phenoxy) is 1.